The van der Waals surface area contributed by atoms with Crippen molar-refractivity contribution < 1.29 is 19.0 Å². The number of hydrogen-bond acceptors (Lipinski definition) is 4. The lowest BCUT2D eigenvalue weighted by Crippen LogP contribution is -2.17. The minimum atomic E-state index is -0.505. The Bertz CT molecular complexity index is 1320. The highest BCUT2D eigenvalue weighted by Gasteiger charge is 2.12. The third-order valence-electron chi connectivity index (χ3n) is 4.73. The summed E-state index contributed by atoms with van der Waals surface area (Å²) in [6.45, 7) is 0.256. The highest BCUT2D eigenvalue weighted by atomic mass is 127. The summed E-state index contributed by atoms with van der Waals surface area (Å²) < 4.78 is 19.9. The third kappa shape index (κ3) is 5.23. The molecule has 32 heavy (non-hydrogen) atoms. The third-order valence-corrected chi connectivity index (χ3v) is 5.57. The number of fused-ring (bicyclic) bond motifs is 1. The first-order valence-electron chi connectivity index (χ1n) is 9.71. The molecule has 7 heteroatoms. The Hall–Kier alpha value is -3.46. The Kier molecular flexibility index (Phi) is 6.65. The number of amides is 1. The Morgan fingerprint density at radius 3 is 2.56 bits per heavy atom. The zero-order chi connectivity index (χ0) is 22.5. The molecule has 0 fully saturated rings. The van der Waals surface area contributed by atoms with Crippen LogP contribution in [0.2, 0.25) is 0 Å². The standard InChI is InChI=1S/C25H18FIN2O3/c26-20-7-3-4-17(10-20)15-32-24-9-8-16(11-22(24)27)14-28-29-25(31)21-12-18-5-1-2-6-19(18)13-23(21)30/h1-14,30H,15H2,(H,29,31). The van der Waals surface area contributed by atoms with Gasteiger partial charge in [-0.2, -0.15) is 5.10 Å². The molecule has 0 aliphatic heterocycles. The summed E-state index contributed by atoms with van der Waals surface area (Å²) in [5.41, 5.74) is 4.09. The van der Waals surface area contributed by atoms with Crippen molar-refractivity contribution in [1.29, 1.82) is 0 Å². The van der Waals surface area contributed by atoms with Crippen molar-refractivity contribution in [1.82, 2.24) is 5.43 Å². The smallest absolute Gasteiger partial charge is 0.275 e. The molecule has 0 saturated carbocycles. The molecule has 1 amide bonds. The summed E-state index contributed by atoms with van der Waals surface area (Å²) in [7, 11) is 0. The minimum Gasteiger partial charge on any atom is -0.507 e. The molecule has 0 aromatic heterocycles. The van der Waals surface area contributed by atoms with Gasteiger partial charge in [0.05, 0.1) is 15.3 Å². The molecular formula is C25H18FIN2O3. The van der Waals surface area contributed by atoms with E-state index in [0.717, 1.165) is 25.5 Å². The number of aromatic hydroxyl groups is 1. The molecule has 0 spiro atoms. The van der Waals surface area contributed by atoms with Gasteiger partial charge in [-0.05, 0) is 87.0 Å². The topological polar surface area (TPSA) is 70.9 Å². The van der Waals surface area contributed by atoms with Gasteiger partial charge in [0, 0.05) is 0 Å². The second kappa shape index (κ2) is 9.78. The maximum Gasteiger partial charge on any atom is 0.275 e. The van der Waals surface area contributed by atoms with Crippen LogP contribution in [0.1, 0.15) is 21.5 Å². The normalized spacial score (nSPS) is 11.1. The number of ether oxygens (including phenoxy) is 1. The van der Waals surface area contributed by atoms with Crippen molar-refractivity contribution >= 4 is 45.5 Å². The molecule has 4 aromatic rings. The van der Waals surface area contributed by atoms with E-state index in [2.05, 4.69) is 33.1 Å². The largest absolute Gasteiger partial charge is 0.507 e. The van der Waals surface area contributed by atoms with Gasteiger partial charge in [-0.15, -0.1) is 0 Å². The SMILES string of the molecule is O=C(NN=Cc1ccc(OCc2cccc(F)c2)c(I)c1)c1cc2ccccc2cc1O. The van der Waals surface area contributed by atoms with Gasteiger partial charge in [0.15, 0.2) is 0 Å². The van der Waals surface area contributed by atoms with E-state index in [-0.39, 0.29) is 23.7 Å². The molecule has 160 valence electrons. The second-order valence-corrected chi connectivity index (χ2v) is 8.19. The van der Waals surface area contributed by atoms with Crippen LogP contribution in [-0.4, -0.2) is 17.2 Å². The zero-order valence-corrected chi connectivity index (χ0v) is 18.9. The molecule has 4 aromatic carbocycles. The highest BCUT2D eigenvalue weighted by Crippen LogP contribution is 2.25. The van der Waals surface area contributed by atoms with Gasteiger partial charge in [-0.1, -0.05) is 36.4 Å². The van der Waals surface area contributed by atoms with Crippen LogP contribution in [0.25, 0.3) is 10.8 Å². The maximum absolute atomic E-state index is 13.3. The van der Waals surface area contributed by atoms with E-state index < -0.39 is 5.91 Å². The number of nitrogens with zero attached hydrogens (tertiary/aromatic N) is 1. The summed E-state index contributed by atoms with van der Waals surface area (Å²) in [6.07, 6.45) is 1.51. The monoisotopic (exact) mass is 540 g/mol. The fourth-order valence-corrected chi connectivity index (χ4v) is 3.83. The summed E-state index contributed by atoms with van der Waals surface area (Å²) in [5, 5.41) is 15.8. The number of phenolic OH excluding ortho intramolecular Hbond substituents is 1. The predicted octanol–water partition coefficient (Wildman–Crippen LogP) is 5.63. The number of carbonyl (C=O) groups excluding carboxylic acids is 1. The van der Waals surface area contributed by atoms with Crippen molar-refractivity contribution in [2.75, 3.05) is 0 Å². The highest BCUT2D eigenvalue weighted by molar-refractivity contribution is 14.1. The first-order chi connectivity index (χ1) is 15.5. The van der Waals surface area contributed by atoms with Crippen LogP contribution in [0.5, 0.6) is 11.5 Å². The minimum absolute atomic E-state index is 0.106. The van der Waals surface area contributed by atoms with E-state index >= 15 is 0 Å². The van der Waals surface area contributed by atoms with E-state index in [1.54, 1.807) is 36.4 Å². The second-order valence-electron chi connectivity index (χ2n) is 7.02. The lowest BCUT2D eigenvalue weighted by Gasteiger charge is -2.09. The number of hydrazone groups is 1. The van der Waals surface area contributed by atoms with Gasteiger partial charge in [0.1, 0.15) is 23.9 Å². The van der Waals surface area contributed by atoms with Crippen molar-refractivity contribution in [3.8, 4) is 11.5 Å². The molecule has 0 atom stereocenters. The summed E-state index contributed by atoms with van der Waals surface area (Å²) >= 11 is 2.14. The van der Waals surface area contributed by atoms with Gasteiger partial charge >= 0.3 is 0 Å². The average Bonchev–Trinajstić information content (AvgIpc) is 2.78. The Balaban J connectivity index is 1.40. The van der Waals surface area contributed by atoms with E-state index in [1.807, 2.05) is 30.3 Å². The van der Waals surface area contributed by atoms with Crippen LogP contribution in [0.4, 0.5) is 4.39 Å². The van der Waals surface area contributed by atoms with Gasteiger partial charge < -0.3 is 9.84 Å². The molecule has 0 saturated heterocycles. The number of halogens is 2. The number of rotatable bonds is 6. The fourth-order valence-electron chi connectivity index (χ4n) is 3.14. The molecular weight excluding hydrogens is 522 g/mol. The van der Waals surface area contributed by atoms with Gasteiger partial charge in [0.25, 0.3) is 5.91 Å². The quantitative estimate of drug-likeness (QED) is 0.189. The lowest BCUT2D eigenvalue weighted by atomic mass is 10.1. The maximum atomic E-state index is 13.3. The van der Waals surface area contributed by atoms with E-state index in [9.17, 15) is 14.3 Å². The number of hydrogen-bond donors (Lipinski definition) is 2. The molecule has 5 nitrogen and oxygen atoms in total. The zero-order valence-electron chi connectivity index (χ0n) is 16.8. The molecule has 0 aliphatic carbocycles. The molecule has 0 unspecified atom stereocenters. The van der Waals surface area contributed by atoms with E-state index in [4.69, 9.17) is 4.74 Å². The van der Waals surface area contributed by atoms with Crippen LogP contribution >= 0.6 is 22.6 Å². The van der Waals surface area contributed by atoms with Crippen LogP contribution in [0.15, 0.2) is 84.0 Å². The molecule has 0 bridgehead atoms. The van der Waals surface area contributed by atoms with Crippen molar-refractivity contribution in [3.63, 3.8) is 0 Å². The molecule has 0 radical (unpaired) electrons. The predicted molar refractivity (Wildman–Crippen MR) is 131 cm³/mol. The molecule has 2 N–H and O–H groups in total. The van der Waals surface area contributed by atoms with Crippen LogP contribution in [-0.2, 0) is 6.61 Å². The number of nitrogens with one attached hydrogen (secondary N) is 1. The number of benzene rings is 4. The van der Waals surface area contributed by atoms with E-state index in [0.29, 0.717) is 5.75 Å². The Labute approximate surface area is 197 Å². The number of phenols is 1. The number of carbonyl (C=O) groups is 1. The van der Waals surface area contributed by atoms with Crippen LogP contribution in [0.3, 0.4) is 0 Å². The van der Waals surface area contributed by atoms with E-state index in [1.165, 1.54) is 18.3 Å². The molecule has 0 aliphatic rings. The van der Waals surface area contributed by atoms with Gasteiger partial charge in [-0.25, -0.2) is 9.82 Å². The Morgan fingerprint density at radius 1 is 1.03 bits per heavy atom. The van der Waals surface area contributed by atoms with Gasteiger partial charge in [-0.3, -0.25) is 4.79 Å². The molecule has 4 rings (SSSR count). The van der Waals surface area contributed by atoms with Crippen LogP contribution < -0.4 is 10.2 Å². The lowest BCUT2D eigenvalue weighted by molar-refractivity contribution is 0.0952. The average molecular weight is 540 g/mol. The molecule has 0 heterocycles. The van der Waals surface area contributed by atoms with Crippen molar-refractivity contribution in [2.45, 2.75) is 6.61 Å². The first kappa shape index (κ1) is 21.8. The summed E-state index contributed by atoms with van der Waals surface area (Å²) in [6, 6.07) is 22.4. The van der Waals surface area contributed by atoms with Gasteiger partial charge in [0.2, 0.25) is 0 Å². The summed E-state index contributed by atoms with van der Waals surface area (Å²) in [4.78, 5) is 12.4. The fraction of sp³-hybridized carbons (Fsp3) is 0.0400. The first-order valence-corrected chi connectivity index (χ1v) is 10.8. The van der Waals surface area contributed by atoms with Crippen molar-refractivity contribution in [2.24, 2.45) is 5.10 Å². The Morgan fingerprint density at radius 2 is 1.81 bits per heavy atom. The summed E-state index contributed by atoms with van der Waals surface area (Å²) in [5.74, 6) is -0.247. The van der Waals surface area contributed by atoms with Crippen LogP contribution in [0, 0.1) is 9.39 Å². The van der Waals surface area contributed by atoms with Crippen molar-refractivity contribution in [3.05, 3.63) is 105 Å².